The first-order chi connectivity index (χ1) is 18.6. The minimum atomic E-state index is -4.51. The summed E-state index contributed by atoms with van der Waals surface area (Å²) >= 11 is 0. The average Bonchev–Trinajstić information content (AvgIpc) is 3.36. The van der Waals surface area contributed by atoms with Gasteiger partial charge in [-0.25, -0.2) is 18.6 Å². The fraction of sp³-hybridized carbons (Fsp3) is 0.481. The first kappa shape index (κ1) is 26.0. The number of fused-ring (bicyclic) bond motifs is 2. The summed E-state index contributed by atoms with van der Waals surface area (Å²) in [5.74, 6) is -2.74. The fourth-order valence-corrected chi connectivity index (χ4v) is 5.72. The molecule has 208 valence electrons. The number of halogens is 5. The molecule has 0 spiro atoms. The SMILES string of the molecule is O=C(N1CCC(F)(F)CC1)N1CCc2cc(-c3cnc4[nH]cc(C(F)(F)F)c4c3)cc([C@@H]3COCCN3)c2C1. The fourth-order valence-electron chi connectivity index (χ4n) is 5.72. The van der Waals surface area contributed by atoms with Gasteiger partial charge in [0.15, 0.2) is 0 Å². The number of rotatable bonds is 2. The van der Waals surface area contributed by atoms with Crippen LogP contribution >= 0.6 is 0 Å². The van der Waals surface area contributed by atoms with Crippen molar-refractivity contribution < 1.29 is 31.5 Å². The number of nitrogens with zero attached hydrogens (tertiary/aromatic N) is 3. The lowest BCUT2D eigenvalue weighted by atomic mass is 9.87. The molecule has 2 N–H and O–H groups in total. The zero-order chi connectivity index (χ0) is 27.4. The van der Waals surface area contributed by atoms with E-state index in [1.54, 1.807) is 11.1 Å². The Balaban J connectivity index is 1.35. The highest BCUT2D eigenvalue weighted by atomic mass is 19.4. The number of carbonyl (C=O) groups is 1. The molecule has 12 heteroatoms. The van der Waals surface area contributed by atoms with Crippen molar-refractivity contribution in [3.63, 3.8) is 0 Å². The number of alkyl halides is 5. The Labute approximate surface area is 221 Å². The number of benzene rings is 1. The summed E-state index contributed by atoms with van der Waals surface area (Å²) in [6, 6.07) is 4.98. The number of urea groups is 1. The summed E-state index contributed by atoms with van der Waals surface area (Å²) in [7, 11) is 0. The van der Waals surface area contributed by atoms with Gasteiger partial charge in [0.2, 0.25) is 0 Å². The quantitative estimate of drug-likeness (QED) is 0.436. The zero-order valence-electron chi connectivity index (χ0n) is 21.1. The minimum Gasteiger partial charge on any atom is -0.378 e. The maximum Gasteiger partial charge on any atom is 0.418 e. The van der Waals surface area contributed by atoms with Crippen LogP contribution in [-0.4, -0.2) is 71.1 Å². The number of H-pyrrole nitrogens is 1. The smallest absolute Gasteiger partial charge is 0.378 e. The van der Waals surface area contributed by atoms with E-state index >= 15 is 0 Å². The number of aromatic amines is 1. The molecular formula is C27H28F5N5O2. The Bertz CT molecular complexity index is 1390. The van der Waals surface area contributed by atoms with Gasteiger partial charge in [-0.3, -0.25) is 0 Å². The first-order valence-corrected chi connectivity index (χ1v) is 13.0. The largest absolute Gasteiger partial charge is 0.418 e. The molecule has 0 unspecified atom stereocenters. The molecule has 2 aromatic heterocycles. The number of morpholine rings is 1. The summed E-state index contributed by atoms with van der Waals surface area (Å²) in [4.78, 5) is 23.2. The van der Waals surface area contributed by atoms with Crippen LogP contribution in [-0.2, 0) is 23.9 Å². The molecule has 0 radical (unpaired) electrons. The van der Waals surface area contributed by atoms with Crippen LogP contribution in [0.15, 0.2) is 30.6 Å². The Morgan fingerprint density at radius 1 is 1.08 bits per heavy atom. The Kier molecular flexibility index (Phi) is 6.49. The normalized spacial score (nSPS) is 21.7. The van der Waals surface area contributed by atoms with E-state index in [4.69, 9.17) is 4.74 Å². The van der Waals surface area contributed by atoms with Crippen LogP contribution in [0.25, 0.3) is 22.2 Å². The van der Waals surface area contributed by atoms with Crippen molar-refractivity contribution in [2.75, 3.05) is 39.4 Å². The number of pyridine rings is 1. The Morgan fingerprint density at radius 2 is 1.87 bits per heavy atom. The van der Waals surface area contributed by atoms with Crippen LogP contribution in [0.5, 0.6) is 0 Å². The number of amides is 2. The van der Waals surface area contributed by atoms with E-state index in [9.17, 15) is 26.7 Å². The summed E-state index contributed by atoms with van der Waals surface area (Å²) in [6.45, 7) is 2.40. The van der Waals surface area contributed by atoms with Gasteiger partial charge in [-0.2, -0.15) is 13.2 Å². The van der Waals surface area contributed by atoms with E-state index in [0.29, 0.717) is 44.8 Å². The second-order valence-corrected chi connectivity index (χ2v) is 10.4. The minimum absolute atomic E-state index is 0.00211. The number of nitrogens with one attached hydrogen (secondary N) is 2. The van der Waals surface area contributed by atoms with Crippen molar-refractivity contribution in [2.24, 2.45) is 0 Å². The average molecular weight is 550 g/mol. The van der Waals surface area contributed by atoms with E-state index in [-0.39, 0.29) is 49.0 Å². The molecular weight excluding hydrogens is 521 g/mol. The van der Waals surface area contributed by atoms with Crippen LogP contribution in [0.4, 0.5) is 26.7 Å². The molecule has 3 aliphatic heterocycles. The van der Waals surface area contributed by atoms with Gasteiger partial charge in [-0.05, 0) is 40.8 Å². The van der Waals surface area contributed by atoms with Gasteiger partial charge in [-0.15, -0.1) is 0 Å². The lowest BCUT2D eigenvalue weighted by molar-refractivity contribution is -0.136. The number of likely N-dealkylation sites (tertiary alicyclic amines) is 1. The molecule has 6 rings (SSSR count). The van der Waals surface area contributed by atoms with E-state index in [1.807, 2.05) is 12.1 Å². The molecule has 3 aromatic rings. The highest BCUT2D eigenvalue weighted by molar-refractivity contribution is 5.85. The van der Waals surface area contributed by atoms with Crippen LogP contribution in [0, 0.1) is 0 Å². The molecule has 7 nitrogen and oxygen atoms in total. The lowest BCUT2D eigenvalue weighted by Crippen LogP contribution is -2.50. The van der Waals surface area contributed by atoms with Gasteiger partial charge in [0.1, 0.15) is 5.65 Å². The van der Waals surface area contributed by atoms with Crippen molar-refractivity contribution in [2.45, 2.75) is 43.9 Å². The van der Waals surface area contributed by atoms with Crippen LogP contribution in [0.1, 0.15) is 41.1 Å². The predicted octanol–water partition coefficient (Wildman–Crippen LogP) is 5.12. The molecule has 0 aliphatic carbocycles. The molecule has 1 aromatic carbocycles. The van der Waals surface area contributed by atoms with Crippen molar-refractivity contribution in [1.82, 2.24) is 25.1 Å². The predicted molar refractivity (Wildman–Crippen MR) is 133 cm³/mol. The maximum absolute atomic E-state index is 13.6. The zero-order valence-corrected chi connectivity index (χ0v) is 21.1. The van der Waals surface area contributed by atoms with E-state index in [0.717, 1.165) is 28.5 Å². The molecule has 39 heavy (non-hydrogen) atoms. The molecule has 2 fully saturated rings. The number of hydrogen-bond acceptors (Lipinski definition) is 4. The van der Waals surface area contributed by atoms with Crippen LogP contribution in [0.3, 0.4) is 0 Å². The van der Waals surface area contributed by atoms with Crippen molar-refractivity contribution in [3.8, 4) is 11.1 Å². The van der Waals surface area contributed by atoms with Crippen molar-refractivity contribution >= 4 is 17.1 Å². The Morgan fingerprint density at radius 3 is 2.59 bits per heavy atom. The van der Waals surface area contributed by atoms with Gasteiger partial charge in [0.25, 0.3) is 5.92 Å². The summed E-state index contributed by atoms with van der Waals surface area (Å²) in [5.41, 5.74) is 3.55. The van der Waals surface area contributed by atoms with Crippen LogP contribution < -0.4 is 5.32 Å². The summed E-state index contributed by atoms with van der Waals surface area (Å²) < 4.78 is 73.6. The molecule has 3 aliphatic rings. The summed E-state index contributed by atoms with van der Waals surface area (Å²) in [6.07, 6.45) is -2.16. The topological polar surface area (TPSA) is 73.5 Å². The monoisotopic (exact) mass is 549 g/mol. The van der Waals surface area contributed by atoms with E-state index in [2.05, 4.69) is 15.3 Å². The van der Waals surface area contributed by atoms with Crippen molar-refractivity contribution in [3.05, 3.63) is 52.8 Å². The van der Waals surface area contributed by atoms with E-state index in [1.165, 1.54) is 11.0 Å². The molecule has 0 saturated carbocycles. The van der Waals surface area contributed by atoms with Gasteiger partial charge >= 0.3 is 12.2 Å². The third-order valence-corrected chi connectivity index (χ3v) is 7.88. The first-order valence-electron chi connectivity index (χ1n) is 13.0. The lowest BCUT2D eigenvalue weighted by Gasteiger charge is -2.39. The highest BCUT2D eigenvalue weighted by Gasteiger charge is 2.38. The third kappa shape index (κ3) is 5.07. The maximum atomic E-state index is 13.6. The number of piperidine rings is 1. The second kappa shape index (κ2) is 9.74. The number of aromatic nitrogens is 2. The number of ether oxygens (including phenoxy) is 1. The molecule has 1 atom stereocenters. The second-order valence-electron chi connectivity index (χ2n) is 10.4. The van der Waals surface area contributed by atoms with E-state index < -0.39 is 17.7 Å². The third-order valence-electron chi connectivity index (χ3n) is 7.88. The van der Waals surface area contributed by atoms with Gasteiger partial charge in [-0.1, -0.05) is 6.07 Å². The number of hydrogen-bond donors (Lipinski definition) is 2. The molecule has 2 saturated heterocycles. The van der Waals surface area contributed by atoms with Gasteiger partial charge < -0.3 is 24.8 Å². The number of carbonyl (C=O) groups excluding carboxylic acids is 1. The van der Waals surface area contributed by atoms with Crippen LogP contribution in [0.2, 0.25) is 0 Å². The highest BCUT2D eigenvalue weighted by Crippen LogP contribution is 2.38. The Hall–Kier alpha value is -3.25. The summed E-state index contributed by atoms with van der Waals surface area (Å²) in [5, 5.41) is 3.45. The standard InChI is InChI=1S/C27H28F5N5O2/c28-26(29)2-6-36(7-3-26)25(38)37-5-1-16-9-17(10-19(21(16)14-37)23-15-39-8-4-33-23)18-11-20-22(27(30,31)32)13-35-24(20)34-12-18/h9-13,23,33H,1-8,14-15H2,(H,34,35)/t23-/m0/s1. The van der Waals surface area contributed by atoms with Gasteiger partial charge in [0.05, 0.1) is 24.8 Å². The molecule has 2 amide bonds. The molecule has 0 bridgehead atoms. The molecule has 5 heterocycles. The van der Waals surface area contributed by atoms with Crippen molar-refractivity contribution in [1.29, 1.82) is 0 Å². The van der Waals surface area contributed by atoms with Gasteiger partial charge in [0, 0.05) is 68.9 Å².